The summed E-state index contributed by atoms with van der Waals surface area (Å²) in [6.45, 7) is 0.224. The molecule has 0 unspecified atom stereocenters. The zero-order valence-electron chi connectivity index (χ0n) is 10.2. The molecule has 0 aromatic carbocycles. The van der Waals surface area contributed by atoms with Gasteiger partial charge in [-0.2, -0.15) is 11.3 Å². The highest BCUT2D eigenvalue weighted by molar-refractivity contribution is 7.89. The highest BCUT2D eigenvalue weighted by Gasteiger charge is 2.23. The van der Waals surface area contributed by atoms with E-state index in [4.69, 9.17) is 11.6 Å². The Kier molecular flexibility index (Phi) is 3.51. The van der Waals surface area contributed by atoms with Gasteiger partial charge in [-0.25, -0.2) is 18.1 Å². The molecule has 3 aromatic rings. The van der Waals surface area contributed by atoms with Crippen LogP contribution in [0.5, 0.6) is 0 Å². The molecular formula is C12H10ClN3O2S2. The fourth-order valence-corrected chi connectivity index (χ4v) is 4.15. The van der Waals surface area contributed by atoms with E-state index in [1.807, 2.05) is 16.8 Å². The fraction of sp³-hybridized carbons (Fsp3) is 0.0833. The molecule has 1 N–H and O–H groups in total. The molecule has 0 saturated heterocycles. The van der Waals surface area contributed by atoms with Crippen molar-refractivity contribution in [1.82, 2.24) is 14.1 Å². The van der Waals surface area contributed by atoms with Gasteiger partial charge >= 0.3 is 0 Å². The molecule has 0 atom stereocenters. The first-order chi connectivity index (χ1) is 9.58. The summed E-state index contributed by atoms with van der Waals surface area (Å²) in [7, 11) is -3.73. The standard InChI is InChI=1S/C12H10ClN3O2S2/c13-11-12(16-5-2-1-3-10(16)15-11)20(17,18)14-7-9-4-6-19-8-9/h1-6,8,14H,7H2. The molecule has 3 rings (SSSR count). The molecule has 3 heterocycles. The summed E-state index contributed by atoms with van der Waals surface area (Å²) < 4.78 is 28.7. The maximum absolute atomic E-state index is 12.4. The predicted octanol–water partition coefficient (Wildman–Crippen LogP) is 2.53. The number of halogens is 1. The lowest BCUT2D eigenvalue weighted by atomic mass is 10.4. The smallest absolute Gasteiger partial charge is 0.260 e. The van der Waals surface area contributed by atoms with Crippen LogP contribution >= 0.6 is 22.9 Å². The predicted molar refractivity (Wildman–Crippen MR) is 78.5 cm³/mol. The number of pyridine rings is 1. The molecule has 0 saturated carbocycles. The lowest BCUT2D eigenvalue weighted by molar-refractivity contribution is 0.576. The Morgan fingerprint density at radius 1 is 1.35 bits per heavy atom. The van der Waals surface area contributed by atoms with Gasteiger partial charge in [0.1, 0.15) is 5.65 Å². The molecule has 104 valence electrons. The minimum absolute atomic E-state index is 0.0333. The number of nitrogens with zero attached hydrogens (tertiary/aromatic N) is 2. The van der Waals surface area contributed by atoms with E-state index in [-0.39, 0.29) is 16.7 Å². The van der Waals surface area contributed by atoms with E-state index in [0.29, 0.717) is 5.65 Å². The van der Waals surface area contributed by atoms with Crippen molar-refractivity contribution in [2.24, 2.45) is 0 Å². The topological polar surface area (TPSA) is 63.5 Å². The van der Waals surface area contributed by atoms with E-state index in [9.17, 15) is 8.42 Å². The van der Waals surface area contributed by atoms with Crippen LogP contribution in [0.1, 0.15) is 5.56 Å². The lowest BCUT2D eigenvalue weighted by Gasteiger charge is -2.06. The summed E-state index contributed by atoms with van der Waals surface area (Å²) in [6.07, 6.45) is 1.62. The van der Waals surface area contributed by atoms with Crippen LogP contribution in [0.15, 0.2) is 46.2 Å². The Morgan fingerprint density at radius 3 is 2.95 bits per heavy atom. The average Bonchev–Trinajstić information content (AvgIpc) is 3.02. The quantitative estimate of drug-likeness (QED) is 0.801. The number of hydrogen-bond acceptors (Lipinski definition) is 4. The Morgan fingerprint density at radius 2 is 2.20 bits per heavy atom. The van der Waals surface area contributed by atoms with Crippen LogP contribution in [0, 0.1) is 0 Å². The van der Waals surface area contributed by atoms with Crippen LogP contribution in [-0.4, -0.2) is 17.8 Å². The second-order valence-corrected chi connectivity index (χ2v) is 6.91. The second-order valence-electron chi connectivity index (χ2n) is 4.09. The maximum atomic E-state index is 12.4. The van der Waals surface area contributed by atoms with Gasteiger partial charge in [0, 0.05) is 12.7 Å². The second kappa shape index (κ2) is 5.17. The highest BCUT2D eigenvalue weighted by Crippen LogP contribution is 2.22. The fourth-order valence-electron chi connectivity index (χ4n) is 1.82. The number of fused-ring (bicyclic) bond motifs is 1. The van der Waals surface area contributed by atoms with Crippen molar-refractivity contribution < 1.29 is 8.42 Å². The maximum Gasteiger partial charge on any atom is 0.260 e. The number of thiophene rings is 1. The molecular weight excluding hydrogens is 318 g/mol. The third-order valence-corrected chi connectivity index (χ3v) is 5.28. The Balaban J connectivity index is 1.98. The Bertz CT molecular complexity index is 841. The molecule has 3 aromatic heterocycles. The first kappa shape index (κ1) is 13.6. The van der Waals surface area contributed by atoms with Crippen LogP contribution in [0.25, 0.3) is 5.65 Å². The van der Waals surface area contributed by atoms with Gasteiger partial charge in [0.15, 0.2) is 10.2 Å². The van der Waals surface area contributed by atoms with Crippen molar-refractivity contribution in [2.45, 2.75) is 11.6 Å². The molecule has 0 aliphatic rings. The monoisotopic (exact) mass is 327 g/mol. The minimum Gasteiger partial charge on any atom is -0.288 e. The van der Waals surface area contributed by atoms with Crippen molar-refractivity contribution in [3.8, 4) is 0 Å². The zero-order chi connectivity index (χ0) is 14.2. The van der Waals surface area contributed by atoms with Crippen molar-refractivity contribution in [1.29, 1.82) is 0 Å². The Labute approximate surface area is 124 Å². The highest BCUT2D eigenvalue weighted by atomic mass is 35.5. The number of rotatable bonds is 4. The van der Waals surface area contributed by atoms with E-state index in [1.54, 1.807) is 24.4 Å². The van der Waals surface area contributed by atoms with Gasteiger partial charge in [-0.05, 0) is 34.5 Å². The summed E-state index contributed by atoms with van der Waals surface area (Å²) in [4.78, 5) is 4.04. The van der Waals surface area contributed by atoms with E-state index < -0.39 is 10.0 Å². The lowest BCUT2D eigenvalue weighted by Crippen LogP contribution is -2.24. The molecule has 8 heteroatoms. The molecule has 0 spiro atoms. The van der Waals surface area contributed by atoms with Crippen molar-refractivity contribution in [2.75, 3.05) is 0 Å². The number of nitrogens with one attached hydrogen (secondary N) is 1. The van der Waals surface area contributed by atoms with Crippen LogP contribution in [-0.2, 0) is 16.6 Å². The molecule has 5 nitrogen and oxygen atoms in total. The summed E-state index contributed by atoms with van der Waals surface area (Å²) >= 11 is 7.48. The van der Waals surface area contributed by atoms with Crippen molar-refractivity contribution >= 4 is 38.6 Å². The van der Waals surface area contributed by atoms with Gasteiger partial charge in [0.05, 0.1) is 0 Å². The summed E-state index contributed by atoms with van der Waals surface area (Å²) in [6, 6.07) is 7.06. The minimum atomic E-state index is -3.73. The van der Waals surface area contributed by atoms with Gasteiger partial charge in [-0.15, -0.1) is 0 Å². The number of hydrogen-bond donors (Lipinski definition) is 1. The summed E-state index contributed by atoms with van der Waals surface area (Å²) in [5.41, 5.74) is 1.40. The first-order valence-electron chi connectivity index (χ1n) is 5.71. The van der Waals surface area contributed by atoms with Crippen LogP contribution in [0.4, 0.5) is 0 Å². The van der Waals surface area contributed by atoms with Crippen LogP contribution in [0.2, 0.25) is 5.15 Å². The van der Waals surface area contributed by atoms with Gasteiger partial charge in [0.2, 0.25) is 0 Å². The molecule has 0 fully saturated rings. The normalized spacial score (nSPS) is 12.1. The van der Waals surface area contributed by atoms with Crippen LogP contribution in [0.3, 0.4) is 0 Å². The molecule has 0 bridgehead atoms. The van der Waals surface area contributed by atoms with Crippen molar-refractivity contribution in [3.05, 3.63) is 51.9 Å². The van der Waals surface area contributed by atoms with Gasteiger partial charge in [0.25, 0.3) is 10.0 Å². The summed E-state index contributed by atoms with van der Waals surface area (Å²) in [5, 5.41) is 3.71. The van der Waals surface area contributed by atoms with E-state index in [0.717, 1.165) is 5.56 Å². The molecule has 0 aliphatic carbocycles. The largest absolute Gasteiger partial charge is 0.288 e. The van der Waals surface area contributed by atoms with E-state index in [2.05, 4.69) is 9.71 Å². The summed E-state index contributed by atoms with van der Waals surface area (Å²) in [5.74, 6) is 0. The average molecular weight is 328 g/mol. The molecule has 0 radical (unpaired) electrons. The van der Waals surface area contributed by atoms with Gasteiger partial charge in [-0.1, -0.05) is 17.7 Å². The first-order valence-corrected chi connectivity index (χ1v) is 8.51. The third-order valence-electron chi connectivity index (χ3n) is 2.75. The zero-order valence-corrected chi connectivity index (χ0v) is 12.5. The SMILES string of the molecule is O=S(=O)(NCc1ccsc1)c1c(Cl)nc2ccccn12. The number of imidazole rings is 1. The number of aromatic nitrogens is 2. The third kappa shape index (κ3) is 2.45. The van der Waals surface area contributed by atoms with Crippen molar-refractivity contribution in [3.63, 3.8) is 0 Å². The van der Waals surface area contributed by atoms with Gasteiger partial charge < -0.3 is 0 Å². The molecule has 0 amide bonds. The van der Waals surface area contributed by atoms with Gasteiger partial charge in [-0.3, -0.25) is 4.40 Å². The molecule has 0 aliphatic heterocycles. The Hall–Kier alpha value is -1.41. The molecule has 20 heavy (non-hydrogen) atoms. The van der Waals surface area contributed by atoms with Crippen LogP contribution < -0.4 is 4.72 Å². The van der Waals surface area contributed by atoms with E-state index in [1.165, 1.54) is 15.7 Å². The van der Waals surface area contributed by atoms with E-state index >= 15 is 0 Å². The number of sulfonamides is 1.